The molecule has 0 spiro atoms. The van der Waals surface area contributed by atoms with Gasteiger partial charge >= 0.3 is 13.9 Å². The molecule has 7 atom stereocenters. The Bertz CT molecular complexity index is 3540. The van der Waals surface area contributed by atoms with Crippen molar-refractivity contribution in [1.82, 2.24) is 29.1 Å². The van der Waals surface area contributed by atoms with E-state index in [0.29, 0.717) is 29.1 Å². The van der Waals surface area contributed by atoms with Crippen LogP contribution in [0.2, 0.25) is 0 Å². The van der Waals surface area contributed by atoms with Crippen molar-refractivity contribution in [1.29, 1.82) is 5.26 Å². The summed E-state index contributed by atoms with van der Waals surface area (Å²) in [7, 11) is 0.00700. The van der Waals surface area contributed by atoms with Gasteiger partial charge in [-0.25, -0.2) is 29.0 Å². The topological polar surface area (TPSA) is 265 Å². The number of nitrogens with zero attached hydrogens (tertiary/aromatic N) is 7. The normalized spacial score (nSPS) is 17.2. The lowest BCUT2D eigenvalue weighted by molar-refractivity contribution is -0.116. The van der Waals surface area contributed by atoms with Crippen LogP contribution < -0.4 is 20.5 Å². The zero-order valence-electron chi connectivity index (χ0n) is 54.2. The molecule has 5 unspecified atom stereocenters. The van der Waals surface area contributed by atoms with E-state index in [4.69, 9.17) is 56.8 Å². The van der Waals surface area contributed by atoms with Crippen molar-refractivity contribution < 1.29 is 65.2 Å². The fraction of sp³-hybridized carbons (Fsp3) is 0.441. The number of anilines is 1. The fourth-order valence-corrected chi connectivity index (χ4v) is 15.0. The second-order valence-corrected chi connectivity index (χ2v) is 26.0. The number of amides is 2. The number of carbonyl (C=O) groups excluding carboxylic acids is 2. The van der Waals surface area contributed by atoms with Crippen LogP contribution in [0.4, 0.5) is 10.6 Å². The van der Waals surface area contributed by atoms with Gasteiger partial charge in [0, 0.05) is 58.1 Å². The first-order valence-electron chi connectivity index (χ1n) is 31.3. The molecule has 25 heteroatoms. The minimum atomic E-state index is -4.56. The van der Waals surface area contributed by atoms with Crippen molar-refractivity contribution >= 4 is 45.3 Å². The van der Waals surface area contributed by atoms with Crippen LogP contribution in [-0.4, -0.2) is 152 Å². The van der Waals surface area contributed by atoms with Gasteiger partial charge in [0.1, 0.15) is 48.5 Å². The number of rotatable bonds is 35. The second-order valence-electron chi connectivity index (χ2n) is 23.0. The Morgan fingerprint density at radius 3 is 2.03 bits per heavy atom. The van der Waals surface area contributed by atoms with E-state index in [-0.39, 0.29) is 102 Å². The SMILES string of the molecule is CCC(OP(=O)(OCCN)OC[C@H]1OC(n2cnc3c(NC(=O)CCCN(C)C(=O)OCC4c5ccccc5-c5ccccc54)ncnc32)CC1OP(OCCC#N)N(C(C)C)C(C)C)[C@@H](COC(c1ccccc1)(c1ccc(OC)cc1)c1ccc(OC)cc1)OC. The summed E-state index contributed by atoms with van der Waals surface area (Å²) < 4.78 is 88.4. The van der Waals surface area contributed by atoms with Crippen molar-refractivity contribution in [3.8, 4) is 28.7 Å². The maximum Gasteiger partial charge on any atom is 0.475 e. The third-order valence-corrected chi connectivity index (χ3v) is 20.0. The number of fused-ring (bicyclic) bond motifs is 4. The molecule has 9 rings (SSSR count). The highest BCUT2D eigenvalue weighted by Gasteiger charge is 2.46. The monoisotopic (exact) mass is 1310 g/mol. The highest BCUT2D eigenvalue weighted by atomic mass is 31.2. The zero-order chi connectivity index (χ0) is 66.1. The van der Waals surface area contributed by atoms with Crippen molar-refractivity contribution in [2.75, 3.05) is 79.8 Å². The molecule has 2 aromatic heterocycles. The Labute approximate surface area is 545 Å². The van der Waals surface area contributed by atoms with Crippen molar-refractivity contribution in [3.05, 3.63) is 168 Å². The van der Waals surface area contributed by atoms with Gasteiger partial charge in [-0.05, 0) is 104 Å². The van der Waals surface area contributed by atoms with E-state index in [9.17, 15) is 14.9 Å². The maximum absolute atomic E-state index is 15.3. The van der Waals surface area contributed by atoms with E-state index >= 15 is 4.57 Å². The number of methoxy groups -OCH3 is 3. The van der Waals surface area contributed by atoms with Crippen molar-refractivity contribution in [2.45, 2.75) is 121 Å². The first-order valence-corrected chi connectivity index (χ1v) is 33.9. The van der Waals surface area contributed by atoms with Crippen LogP contribution in [0.15, 0.2) is 140 Å². The Kier molecular flexibility index (Phi) is 25.0. The molecule has 2 amide bonds. The molecule has 5 aromatic carbocycles. The summed E-state index contributed by atoms with van der Waals surface area (Å²) in [5.74, 6) is 1.07. The summed E-state index contributed by atoms with van der Waals surface area (Å²) in [6.45, 7) is 9.91. The van der Waals surface area contributed by atoms with Crippen LogP contribution in [0.5, 0.6) is 11.5 Å². The fourth-order valence-electron chi connectivity index (χ4n) is 11.8. The lowest BCUT2D eigenvalue weighted by Crippen LogP contribution is -2.40. The van der Waals surface area contributed by atoms with Crippen LogP contribution in [-0.2, 0) is 56.5 Å². The summed E-state index contributed by atoms with van der Waals surface area (Å²) in [6, 6.07) is 43.5. The van der Waals surface area contributed by atoms with E-state index in [1.54, 1.807) is 25.8 Å². The molecule has 23 nitrogen and oxygen atoms in total. The minimum absolute atomic E-state index is 0.00898. The van der Waals surface area contributed by atoms with E-state index in [0.717, 1.165) is 38.9 Å². The van der Waals surface area contributed by atoms with Crippen LogP contribution in [0.25, 0.3) is 22.3 Å². The number of nitriles is 1. The molecule has 1 fully saturated rings. The van der Waals surface area contributed by atoms with Crippen LogP contribution in [0, 0.1) is 11.3 Å². The van der Waals surface area contributed by atoms with Gasteiger partial charge in [0.25, 0.3) is 8.53 Å². The van der Waals surface area contributed by atoms with Crippen LogP contribution in [0.3, 0.4) is 0 Å². The van der Waals surface area contributed by atoms with E-state index in [1.165, 1.54) is 24.7 Å². The number of hydrogen-bond acceptors (Lipinski definition) is 20. The number of nitrogens with two attached hydrogens (primary N) is 1. The lowest BCUT2D eigenvalue weighted by Gasteiger charge is -2.38. The Hall–Kier alpha value is -7.26. The summed E-state index contributed by atoms with van der Waals surface area (Å²) in [4.78, 5) is 41.9. The molecule has 1 aliphatic carbocycles. The summed E-state index contributed by atoms with van der Waals surface area (Å²) in [6.07, 6.45) is -0.967. The zero-order valence-corrected chi connectivity index (χ0v) is 56.0. The van der Waals surface area contributed by atoms with Gasteiger partial charge in [-0.15, -0.1) is 0 Å². The number of imidazole rings is 1. The van der Waals surface area contributed by atoms with Gasteiger partial charge in [0.05, 0.1) is 71.7 Å². The number of nitrogens with one attached hydrogen (secondary N) is 1. The smallest absolute Gasteiger partial charge is 0.475 e. The molecule has 0 saturated carbocycles. The summed E-state index contributed by atoms with van der Waals surface area (Å²) in [5, 5.41) is 12.4. The minimum Gasteiger partial charge on any atom is -0.497 e. The molecular formula is C68H85N9O14P2. The van der Waals surface area contributed by atoms with Gasteiger partial charge in [0.15, 0.2) is 17.0 Å². The number of benzene rings is 5. The van der Waals surface area contributed by atoms with Crippen LogP contribution in [0.1, 0.15) is 107 Å². The van der Waals surface area contributed by atoms with Crippen molar-refractivity contribution in [3.63, 3.8) is 0 Å². The summed E-state index contributed by atoms with van der Waals surface area (Å²) >= 11 is 0. The number of aromatic nitrogens is 4. The van der Waals surface area contributed by atoms with Gasteiger partial charge < -0.3 is 53.4 Å². The van der Waals surface area contributed by atoms with Gasteiger partial charge in [-0.2, -0.15) is 5.26 Å². The molecule has 0 bridgehead atoms. The van der Waals surface area contributed by atoms with Gasteiger partial charge in [-0.3, -0.25) is 22.9 Å². The van der Waals surface area contributed by atoms with Gasteiger partial charge in [-0.1, -0.05) is 110 Å². The molecule has 93 heavy (non-hydrogen) atoms. The highest BCUT2D eigenvalue weighted by molar-refractivity contribution is 7.48. The summed E-state index contributed by atoms with van der Waals surface area (Å²) in [5.41, 5.74) is 12.3. The molecule has 1 saturated heterocycles. The molecule has 3 N–H and O–H groups in total. The molecular weight excluding hydrogens is 1230 g/mol. The standard InChI is InChI=1S/C68H85N9O14P2/c1-10-58(60(83-9)42-85-68(48-20-12-11-13-21-48,49-27-31-51(81-7)32-28-49)50-29-33-52(82-8)34-30-50)91-93(80,87-39-36-70)88-43-61-59(90-92(86-38-19-35-69)77(46(2)3)47(4)5)40-63(89-61)76-45-73-64-65(71-44-72-66(64)76)74-62(78)26-18-37-75(6)67(79)84-41-57-55-24-16-14-22-53(55)54-23-15-17-25-56(54)57/h11-17,20-25,27-34,44-47,57-61,63H,10,18-19,26,36-43,70H2,1-9H3,(H,71,72,74,78)/t58?,59?,60-,61-,63?,92?,93?/m1/s1. The Balaban J connectivity index is 0.910. The number of phosphoric acid groups is 1. The number of hydrogen-bond donors (Lipinski definition) is 2. The predicted molar refractivity (Wildman–Crippen MR) is 352 cm³/mol. The average molecular weight is 1310 g/mol. The van der Waals surface area contributed by atoms with Gasteiger partial charge in [0.2, 0.25) is 5.91 Å². The quantitative estimate of drug-likeness (QED) is 0.0212. The molecule has 2 aliphatic rings. The number of ether oxygens (including phenoxy) is 6. The first-order chi connectivity index (χ1) is 45.1. The second kappa shape index (κ2) is 33.2. The average Bonchev–Trinajstić information content (AvgIpc) is 1.40. The Morgan fingerprint density at radius 1 is 0.817 bits per heavy atom. The lowest BCUT2D eigenvalue weighted by atomic mass is 9.80. The molecule has 496 valence electrons. The molecule has 0 radical (unpaired) electrons. The van der Waals surface area contributed by atoms with E-state index in [1.807, 2.05) is 138 Å². The molecule has 1 aliphatic heterocycles. The molecule has 3 heterocycles. The van der Waals surface area contributed by atoms with E-state index in [2.05, 4.69) is 55.3 Å². The third kappa shape index (κ3) is 16.8. The van der Waals surface area contributed by atoms with Crippen LogP contribution >= 0.6 is 16.3 Å². The first kappa shape index (κ1) is 70.1. The number of carbonyl (C=O) groups is 2. The Morgan fingerprint density at radius 2 is 1.44 bits per heavy atom. The third-order valence-electron chi connectivity index (χ3n) is 16.3. The molecule has 7 aromatic rings. The largest absolute Gasteiger partial charge is 0.497 e. The highest BCUT2D eigenvalue weighted by Crippen LogP contribution is 2.55. The van der Waals surface area contributed by atoms with E-state index < -0.39 is 58.7 Å². The maximum atomic E-state index is 15.3. The number of phosphoric ester groups is 1. The van der Waals surface area contributed by atoms with Crippen molar-refractivity contribution in [2.24, 2.45) is 5.73 Å². The predicted octanol–water partition coefficient (Wildman–Crippen LogP) is 12.3.